The second kappa shape index (κ2) is 8.00. The molecule has 0 saturated carbocycles. The molecule has 0 aromatic carbocycles. The number of rotatable bonds is 9. The third-order valence-electron chi connectivity index (χ3n) is 3.65. The maximum atomic E-state index is 11.4. The third kappa shape index (κ3) is 4.72. The van der Waals surface area contributed by atoms with E-state index in [1.54, 1.807) is 11.7 Å². The molecular weight excluding hydrogens is 268 g/mol. The first-order valence-corrected chi connectivity index (χ1v) is 7.86. The van der Waals surface area contributed by atoms with Crippen molar-refractivity contribution in [3.8, 4) is 0 Å². The van der Waals surface area contributed by atoms with E-state index in [0.29, 0.717) is 11.5 Å². The van der Waals surface area contributed by atoms with Crippen LogP contribution in [-0.2, 0) is 7.05 Å². The van der Waals surface area contributed by atoms with Gasteiger partial charge in [0, 0.05) is 19.0 Å². The first kappa shape index (κ1) is 17.5. The van der Waals surface area contributed by atoms with Crippen LogP contribution in [0.15, 0.2) is 0 Å². The molecule has 6 nitrogen and oxygen atoms in total. The third-order valence-corrected chi connectivity index (χ3v) is 3.65. The van der Waals surface area contributed by atoms with E-state index in [1.807, 2.05) is 13.8 Å². The molecule has 1 aromatic heterocycles. The summed E-state index contributed by atoms with van der Waals surface area (Å²) in [5.74, 6) is 0.554. The van der Waals surface area contributed by atoms with E-state index >= 15 is 0 Å². The molecular formula is C15H28N4O2. The van der Waals surface area contributed by atoms with Crippen LogP contribution in [0.5, 0.6) is 0 Å². The van der Waals surface area contributed by atoms with Gasteiger partial charge in [0.05, 0.1) is 4.92 Å². The zero-order valence-electron chi connectivity index (χ0n) is 13.8. The molecule has 0 amide bonds. The van der Waals surface area contributed by atoms with Crippen molar-refractivity contribution in [2.45, 2.75) is 71.8 Å². The van der Waals surface area contributed by atoms with Crippen molar-refractivity contribution in [2.24, 2.45) is 7.05 Å². The molecule has 0 bridgehead atoms. The van der Waals surface area contributed by atoms with Crippen molar-refractivity contribution in [3.63, 3.8) is 0 Å². The van der Waals surface area contributed by atoms with Crippen LogP contribution in [0.2, 0.25) is 0 Å². The predicted octanol–water partition coefficient (Wildman–Crippen LogP) is 4.22. The van der Waals surface area contributed by atoms with Gasteiger partial charge in [0.15, 0.2) is 0 Å². The minimum Gasteiger partial charge on any atom is -0.362 e. The summed E-state index contributed by atoms with van der Waals surface area (Å²) >= 11 is 0. The molecule has 1 aromatic rings. The highest BCUT2D eigenvalue weighted by atomic mass is 16.6. The summed E-state index contributed by atoms with van der Waals surface area (Å²) in [5.41, 5.74) is 0.663. The number of nitrogens with zero attached hydrogens (tertiary/aromatic N) is 3. The lowest BCUT2D eigenvalue weighted by molar-refractivity contribution is -0.384. The second-order valence-corrected chi connectivity index (χ2v) is 6.01. The second-order valence-electron chi connectivity index (χ2n) is 6.01. The number of unbranched alkanes of at least 4 members (excludes halogenated alkanes) is 3. The summed E-state index contributed by atoms with van der Waals surface area (Å²) in [6.45, 7) is 8.10. The molecule has 0 spiro atoms. The van der Waals surface area contributed by atoms with Crippen molar-refractivity contribution in [1.29, 1.82) is 0 Å². The first-order chi connectivity index (χ1) is 9.88. The molecule has 0 aliphatic heterocycles. The number of nitro groups is 1. The monoisotopic (exact) mass is 296 g/mol. The molecule has 0 saturated heterocycles. The number of aryl methyl sites for hydroxylation is 1. The largest absolute Gasteiger partial charge is 0.362 e. The van der Waals surface area contributed by atoms with Gasteiger partial charge >= 0.3 is 5.69 Å². The Kier molecular flexibility index (Phi) is 6.65. The fourth-order valence-electron chi connectivity index (χ4n) is 2.45. The summed E-state index contributed by atoms with van der Waals surface area (Å²) in [5, 5.41) is 18.9. The van der Waals surface area contributed by atoms with Crippen LogP contribution in [0.4, 0.5) is 11.5 Å². The van der Waals surface area contributed by atoms with E-state index in [4.69, 9.17) is 0 Å². The highest BCUT2D eigenvalue weighted by Crippen LogP contribution is 2.33. The lowest BCUT2D eigenvalue weighted by Gasteiger charge is -2.14. The fraction of sp³-hybridized carbons (Fsp3) is 0.800. The SMILES string of the molecule is CCCCCCC(C)Nc1c([N+](=O)[O-])c(C(C)C)nn1C. The topological polar surface area (TPSA) is 73.0 Å². The fourth-order valence-corrected chi connectivity index (χ4v) is 2.45. The number of hydrogen-bond acceptors (Lipinski definition) is 4. The summed E-state index contributed by atoms with van der Waals surface area (Å²) in [6.07, 6.45) is 5.83. The molecule has 1 rings (SSSR count). The average Bonchev–Trinajstić information content (AvgIpc) is 2.72. The van der Waals surface area contributed by atoms with Crippen LogP contribution in [-0.4, -0.2) is 20.7 Å². The van der Waals surface area contributed by atoms with Gasteiger partial charge in [-0.15, -0.1) is 0 Å². The van der Waals surface area contributed by atoms with E-state index in [-0.39, 0.29) is 22.6 Å². The predicted molar refractivity (Wildman–Crippen MR) is 85.8 cm³/mol. The van der Waals surface area contributed by atoms with Gasteiger partial charge in [0.1, 0.15) is 5.69 Å². The Morgan fingerprint density at radius 3 is 2.48 bits per heavy atom. The zero-order valence-corrected chi connectivity index (χ0v) is 13.8. The number of anilines is 1. The zero-order chi connectivity index (χ0) is 16.0. The lowest BCUT2D eigenvalue weighted by Crippen LogP contribution is -2.18. The maximum Gasteiger partial charge on any atom is 0.334 e. The van der Waals surface area contributed by atoms with Crippen molar-refractivity contribution >= 4 is 11.5 Å². The Morgan fingerprint density at radius 2 is 1.95 bits per heavy atom. The van der Waals surface area contributed by atoms with Gasteiger partial charge in [-0.3, -0.25) is 10.1 Å². The summed E-state index contributed by atoms with van der Waals surface area (Å²) < 4.78 is 1.59. The van der Waals surface area contributed by atoms with Crippen molar-refractivity contribution in [2.75, 3.05) is 5.32 Å². The maximum absolute atomic E-state index is 11.4. The number of hydrogen-bond donors (Lipinski definition) is 1. The Hall–Kier alpha value is -1.59. The normalized spacial score (nSPS) is 12.7. The van der Waals surface area contributed by atoms with Gasteiger partial charge in [-0.05, 0) is 13.3 Å². The Morgan fingerprint density at radius 1 is 1.29 bits per heavy atom. The quantitative estimate of drug-likeness (QED) is 0.420. The Balaban J connectivity index is 2.80. The van der Waals surface area contributed by atoms with E-state index in [9.17, 15) is 10.1 Å². The van der Waals surface area contributed by atoms with Crippen molar-refractivity contribution < 1.29 is 4.92 Å². The van der Waals surface area contributed by atoms with Gasteiger partial charge < -0.3 is 5.32 Å². The van der Waals surface area contributed by atoms with Crippen LogP contribution in [0, 0.1) is 10.1 Å². The highest BCUT2D eigenvalue weighted by Gasteiger charge is 2.28. The van der Waals surface area contributed by atoms with Crippen molar-refractivity contribution in [3.05, 3.63) is 15.8 Å². The standard InChI is InChI=1S/C15H28N4O2/c1-6-7-8-9-10-12(4)16-15-14(19(20)21)13(11(2)3)17-18(15)5/h11-12,16H,6-10H2,1-5H3. The van der Waals surface area contributed by atoms with Crippen LogP contribution in [0.1, 0.15) is 71.4 Å². The lowest BCUT2D eigenvalue weighted by atomic mass is 10.1. The Labute approximate surface area is 127 Å². The van der Waals surface area contributed by atoms with Gasteiger partial charge in [-0.1, -0.05) is 46.5 Å². The van der Waals surface area contributed by atoms with Gasteiger partial charge in [-0.2, -0.15) is 5.10 Å². The van der Waals surface area contributed by atoms with Gasteiger partial charge in [0.25, 0.3) is 0 Å². The van der Waals surface area contributed by atoms with E-state index in [2.05, 4.69) is 24.3 Å². The molecule has 1 atom stereocenters. The van der Waals surface area contributed by atoms with E-state index in [0.717, 1.165) is 12.8 Å². The first-order valence-electron chi connectivity index (χ1n) is 7.86. The van der Waals surface area contributed by atoms with Gasteiger partial charge in [0.2, 0.25) is 5.82 Å². The molecule has 0 aliphatic rings. The molecule has 120 valence electrons. The Bertz CT molecular complexity index is 468. The van der Waals surface area contributed by atoms with Crippen LogP contribution in [0.3, 0.4) is 0 Å². The van der Waals surface area contributed by atoms with Crippen LogP contribution >= 0.6 is 0 Å². The molecule has 21 heavy (non-hydrogen) atoms. The molecule has 0 radical (unpaired) electrons. The van der Waals surface area contributed by atoms with E-state index in [1.165, 1.54) is 19.3 Å². The van der Waals surface area contributed by atoms with Crippen LogP contribution in [0.25, 0.3) is 0 Å². The summed E-state index contributed by atoms with van der Waals surface area (Å²) in [7, 11) is 1.75. The molecule has 6 heteroatoms. The minimum atomic E-state index is -0.325. The minimum absolute atomic E-state index is 0.0343. The number of aromatic nitrogens is 2. The van der Waals surface area contributed by atoms with E-state index < -0.39 is 0 Å². The molecule has 0 fully saturated rings. The van der Waals surface area contributed by atoms with Crippen molar-refractivity contribution in [1.82, 2.24) is 9.78 Å². The molecule has 1 N–H and O–H groups in total. The average molecular weight is 296 g/mol. The number of nitrogens with one attached hydrogen (secondary N) is 1. The molecule has 0 aliphatic carbocycles. The van der Waals surface area contributed by atoms with Gasteiger partial charge in [-0.25, -0.2) is 4.68 Å². The summed E-state index contributed by atoms with van der Waals surface area (Å²) in [6, 6.07) is 0.205. The smallest absolute Gasteiger partial charge is 0.334 e. The summed E-state index contributed by atoms with van der Waals surface area (Å²) in [4.78, 5) is 11.0. The molecule has 1 unspecified atom stereocenters. The highest BCUT2D eigenvalue weighted by molar-refractivity contribution is 5.61. The van der Waals surface area contributed by atoms with Crippen LogP contribution < -0.4 is 5.32 Å². The molecule has 1 heterocycles.